The summed E-state index contributed by atoms with van der Waals surface area (Å²) in [5.74, 6) is 1.66. The van der Waals surface area contributed by atoms with Crippen molar-refractivity contribution in [3.63, 3.8) is 0 Å². The number of hydrogen-bond donors (Lipinski definition) is 0. The van der Waals surface area contributed by atoms with Gasteiger partial charge in [0, 0.05) is 44.0 Å². The van der Waals surface area contributed by atoms with E-state index in [1.165, 1.54) is 17.4 Å². The van der Waals surface area contributed by atoms with Crippen molar-refractivity contribution in [1.29, 1.82) is 5.26 Å². The molecule has 0 unspecified atom stereocenters. The Balaban J connectivity index is 1.31. The molecule has 0 amide bonds. The van der Waals surface area contributed by atoms with Crippen molar-refractivity contribution in [2.24, 2.45) is 0 Å². The fraction of sp³-hybridized carbons (Fsp3) is 0.227. The molecular weight excluding hydrogens is 350 g/mol. The maximum atomic E-state index is 8.83. The molecule has 1 aliphatic carbocycles. The maximum absolute atomic E-state index is 8.83. The van der Waals surface area contributed by atoms with Crippen molar-refractivity contribution in [3.05, 3.63) is 77.4 Å². The minimum absolute atomic E-state index is 0.422. The van der Waals surface area contributed by atoms with Gasteiger partial charge in [0.1, 0.15) is 18.5 Å². The van der Waals surface area contributed by atoms with E-state index < -0.39 is 0 Å². The van der Waals surface area contributed by atoms with Crippen LogP contribution in [0.15, 0.2) is 60.5 Å². The third kappa shape index (κ3) is 3.01. The van der Waals surface area contributed by atoms with Crippen LogP contribution in [0.1, 0.15) is 17.0 Å². The molecule has 1 aromatic carbocycles. The number of hydrogen-bond acceptors (Lipinski definition) is 5. The van der Waals surface area contributed by atoms with E-state index in [0.29, 0.717) is 18.1 Å². The number of allylic oxidation sites excluding steroid dienone is 3. The summed E-state index contributed by atoms with van der Waals surface area (Å²) in [5, 5.41) is 8.83. The van der Waals surface area contributed by atoms with Crippen LogP contribution in [-0.2, 0) is 19.6 Å². The topological polar surface area (TPSA) is 67.0 Å². The Kier molecular flexibility index (Phi) is 4.06. The zero-order valence-electron chi connectivity index (χ0n) is 15.4. The predicted molar refractivity (Wildman–Crippen MR) is 106 cm³/mol. The van der Waals surface area contributed by atoms with Crippen molar-refractivity contribution in [2.45, 2.75) is 19.6 Å². The first-order valence-electron chi connectivity index (χ1n) is 9.40. The third-order valence-electron chi connectivity index (χ3n) is 5.24. The Hall–Kier alpha value is -3.59. The van der Waals surface area contributed by atoms with Crippen LogP contribution in [0.2, 0.25) is 0 Å². The molecule has 138 valence electrons. The minimum atomic E-state index is 0.422. The molecule has 0 spiro atoms. The van der Waals surface area contributed by atoms with E-state index in [2.05, 4.69) is 56.9 Å². The van der Waals surface area contributed by atoms with Gasteiger partial charge in [-0.25, -0.2) is 9.97 Å². The highest BCUT2D eigenvalue weighted by molar-refractivity contribution is 5.77. The van der Waals surface area contributed by atoms with Crippen molar-refractivity contribution in [3.8, 4) is 11.9 Å². The lowest BCUT2D eigenvalue weighted by atomic mass is 10.2. The molecule has 6 heteroatoms. The number of aromatic nitrogens is 3. The van der Waals surface area contributed by atoms with E-state index >= 15 is 0 Å². The van der Waals surface area contributed by atoms with Crippen LogP contribution < -0.4 is 4.74 Å². The van der Waals surface area contributed by atoms with Crippen LogP contribution in [0, 0.1) is 11.3 Å². The number of nitrogens with zero attached hydrogens (tertiary/aromatic N) is 5. The van der Waals surface area contributed by atoms with Gasteiger partial charge < -0.3 is 14.2 Å². The molecule has 0 saturated carbocycles. The molecule has 2 aromatic heterocycles. The van der Waals surface area contributed by atoms with E-state index in [9.17, 15) is 0 Å². The van der Waals surface area contributed by atoms with Crippen LogP contribution in [0.3, 0.4) is 0 Å². The molecule has 6 nitrogen and oxygen atoms in total. The lowest BCUT2D eigenvalue weighted by Gasteiger charge is -2.25. The smallest absolute Gasteiger partial charge is 0.213 e. The van der Waals surface area contributed by atoms with Gasteiger partial charge in [-0.15, -0.1) is 0 Å². The standard InChI is InChI=1S/C22H19N5O/c23-13-17-5-7-22(24-14-17)28-15-16-4-6-20-19(12-16)25-21-8-9-26(10-11-27(20)21)18-2-1-3-18/h1-7,12,14H,8-11,15H2. The lowest BCUT2D eigenvalue weighted by molar-refractivity contribution is 0.294. The zero-order chi connectivity index (χ0) is 18.9. The second kappa shape index (κ2) is 6.86. The van der Waals surface area contributed by atoms with Crippen LogP contribution in [0.5, 0.6) is 5.88 Å². The van der Waals surface area contributed by atoms with E-state index in [4.69, 9.17) is 15.0 Å². The second-order valence-electron chi connectivity index (χ2n) is 6.98. The molecule has 3 aromatic rings. The first kappa shape index (κ1) is 16.6. The SMILES string of the molecule is N#Cc1ccc(OCc2ccc3c(c2)nc2n3CCN(C3=CC=C3)CC2)nc1. The Bertz CT molecular complexity index is 1130. The highest BCUT2D eigenvalue weighted by Crippen LogP contribution is 2.23. The predicted octanol–water partition coefficient (Wildman–Crippen LogP) is 3.19. The number of benzene rings is 1. The fourth-order valence-corrected chi connectivity index (χ4v) is 3.66. The van der Waals surface area contributed by atoms with Gasteiger partial charge in [0.25, 0.3) is 0 Å². The minimum Gasteiger partial charge on any atom is -0.473 e. The number of nitriles is 1. The van der Waals surface area contributed by atoms with Crippen LogP contribution in [0.4, 0.5) is 0 Å². The molecule has 0 fully saturated rings. The number of fused-ring (bicyclic) bond motifs is 3. The van der Waals surface area contributed by atoms with Crippen LogP contribution >= 0.6 is 0 Å². The fourth-order valence-electron chi connectivity index (χ4n) is 3.66. The van der Waals surface area contributed by atoms with Gasteiger partial charge in [-0.3, -0.25) is 0 Å². The van der Waals surface area contributed by atoms with Gasteiger partial charge in [-0.1, -0.05) is 12.1 Å². The van der Waals surface area contributed by atoms with E-state index in [-0.39, 0.29) is 0 Å². The molecule has 0 radical (unpaired) electrons. The first-order chi connectivity index (χ1) is 13.8. The van der Waals surface area contributed by atoms with Gasteiger partial charge in [-0.2, -0.15) is 5.26 Å². The number of ether oxygens (including phenoxy) is 1. The summed E-state index contributed by atoms with van der Waals surface area (Å²) in [4.78, 5) is 11.4. The molecule has 0 atom stereocenters. The second-order valence-corrected chi connectivity index (χ2v) is 6.98. The summed E-state index contributed by atoms with van der Waals surface area (Å²) < 4.78 is 8.09. The van der Waals surface area contributed by atoms with Gasteiger partial charge >= 0.3 is 0 Å². The molecule has 28 heavy (non-hydrogen) atoms. The first-order valence-corrected chi connectivity index (χ1v) is 9.40. The van der Waals surface area contributed by atoms with E-state index in [1.807, 2.05) is 0 Å². The molecule has 5 rings (SSSR count). The van der Waals surface area contributed by atoms with Gasteiger partial charge in [0.2, 0.25) is 5.88 Å². The van der Waals surface area contributed by atoms with Crippen molar-refractivity contribution < 1.29 is 4.74 Å². The van der Waals surface area contributed by atoms with Gasteiger partial charge in [0.05, 0.1) is 16.6 Å². The lowest BCUT2D eigenvalue weighted by Crippen LogP contribution is -2.26. The number of rotatable bonds is 4. The Labute approximate surface area is 163 Å². The highest BCUT2D eigenvalue weighted by atomic mass is 16.5. The molecule has 3 heterocycles. The molecule has 2 aliphatic rings. The van der Waals surface area contributed by atoms with Crippen LogP contribution in [-0.4, -0.2) is 32.5 Å². The summed E-state index contributed by atoms with van der Waals surface area (Å²) in [7, 11) is 0. The quantitative estimate of drug-likeness (QED) is 0.707. The average molecular weight is 369 g/mol. The summed E-state index contributed by atoms with van der Waals surface area (Å²) in [6.45, 7) is 3.37. The summed E-state index contributed by atoms with van der Waals surface area (Å²) in [6, 6.07) is 11.8. The highest BCUT2D eigenvalue weighted by Gasteiger charge is 2.19. The number of imidazole rings is 1. The monoisotopic (exact) mass is 369 g/mol. The summed E-state index contributed by atoms with van der Waals surface area (Å²) in [5.41, 5.74) is 5.09. The Morgan fingerprint density at radius 3 is 2.82 bits per heavy atom. The molecular formula is C22H19N5O. The van der Waals surface area contributed by atoms with Gasteiger partial charge in [0.15, 0.2) is 0 Å². The van der Waals surface area contributed by atoms with E-state index in [0.717, 1.165) is 43.0 Å². The number of pyridine rings is 1. The maximum Gasteiger partial charge on any atom is 0.213 e. The Morgan fingerprint density at radius 2 is 2.07 bits per heavy atom. The Morgan fingerprint density at radius 1 is 1.14 bits per heavy atom. The summed E-state index contributed by atoms with van der Waals surface area (Å²) in [6.07, 6.45) is 8.89. The third-order valence-corrected chi connectivity index (χ3v) is 5.24. The molecule has 0 saturated heterocycles. The van der Waals surface area contributed by atoms with Crippen molar-refractivity contribution in [2.75, 3.05) is 13.1 Å². The van der Waals surface area contributed by atoms with Gasteiger partial charge in [-0.05, 0) is 35.9 Å². The van der Waals surface area contributed by atoms with E-state index in [1.54, 1.807) is 12.1 Å². The van der Waals surface area contributed by atoms with Crippen molar-refractivity contribution >= 4 is 11.0 Å². The normalized spacial score (nSPS) is 15.4. The molecule has 0 bridgehead atoms. The van der Waals surface area contributed by atoms with Crippen LogP contribution in [0.25, 0.3) is 11.0 Å². The largest absolute Gasteiger partial charge is 0.473 e. The molecule has 0 N–H and O–H groups in total. The average Bonchev–Trinajstić information content (AvgIpc) is 2.91. The van der Waals surface area contributed by atoms with Crippen molar-refractivity contribution in [1.82, 2.24) is 19.4 Å². The summed E-state index contributed by atoms with van der Waals surface area (Å²) >= 11 is 0. The molecule has 1 aliphatic heterocycles. The zero-order valence-corrected chi connectivity index (χ0v) is 15.4.